The zero-order chi connectivity index (χ0) is 15.1. The first-order valence-electron chi connectivity index (χ1n) is 8.59. The van der Waals surface area contributed by atoms with Crippen LogP contribution in [-0.4, -0.2) is 24.6 Å². The van der Waals surface area contributed by atoms with Crippen molar-refractivity contribution in [2.75, 3.05) is 24.5 Å². The second kappa shape index (κ2) is 8.38. The molecule has 1 aromatic heterocycles. The Hall–Kier alpha value is -1.09. The summed E-state index contributed by atoms with van der Waals surface area (Å²) in [5.74, 6) is 1.61. The minimum atomic E-state index is 0.685. The van der Waals surface area contributed by atoms with Gasteiger partial charge in [0.1, 0.15) is 0 Å². The summed E-state index contributed by atoms with van der Waals surface area (Å²) in [6, 6.07) is 4.43. The van der Waals surface area contributed by atoms with Crippen LogP contribution in [0.2, 0.25) is 0 Å². The maximum atomic E-state index is 4.50. The average Bonchev–Trinajstić information content (AvgIpc) is 2.72. The Morgan fingerprint density at radius 1 is 1.33 bits per heavy atom. The molecule has 0 aliphatic carbocycles. The van der Waals surface area contributed by atoms with E-state index in [4.69, 9.17) is 0 Å². The van der Waals surface area contributed by atoms with Crippen molar-refractivity contribution in [1.29, 1.82) is 0 Å². The van der Waals surface area contributed by atoms with E-state index in [1.807, 2.05) is 6.20 Å². The fourth-order valence-corrected chi connectivity index (χ4v) is 3.08. The fraction of sp³-hybridized carbons (Fsp3) is 0.722. The molecule has 1 aliphatic heterocycles. The molecule has 1 N–H and O–H groups in total. The van der Waals surface area contributed by atoms with Crippen molar-refractivity contribution in [1.82, 2.24) is 10.3 Å². The summed E-state index contributed by atoms with van der Waals surface area (Å²) < 4.78 is 0. The van der Waals surface area contributed by atoms with Crippen molar-refractivity contribution < 1.29 is 0 Å². The Balaban J connectivity index is 1.93. The maximum absolute atomic E-state index is 4.50. The van der Waals surface area contributed by atoms with E-state index in [9.17, 15) is 0 Å². The van der Waals surface area contributed by atoms with E-state index in [0.717, 1.165) is 24.7 Å². The van der Waals surface area contributed by atoms with Crippen LogP contribution in [0, 0.1) is 11.8 Å². The second-order valence-corrected chi connectivity index (χ2v) is 6.72. The molecule has 0 bridgehead atoms. The van der Waals surface area contributed by atoms with E-state index in [2.05, 4.69) is 48.1 Å². The van der Waals surface area contributed by atoms with Crippen LogP contribution in [0.3, 0.4) is 0 Å². The number of rotatable bonds is 6. The molecule has 1 fully saturated rings. The van der Waals surface area contributed by atoms with Gasteiger partial charge in [-0.15, -0.1) is 0 Å². The maximum Gasteiger partial charge on any atom is 0.0562 e. The first-order valence-corrected chi connectivity index (χ1v) is 8.59. The van der Waals surface area contributed by atoms with E-state index < -0.39 is 0 Å². The molecule has 1 aromatic rings. The Labute approximate surface area is 130 Å². The lowest BCUT2D eigenvalue weighted by Gasteiger charge is -2.23. The third kappa shape index (κ3) is 5.31. The molecule has 1 saturated heterocycles. The van der Waals surface area contributed by atoms with E-state index in [1.165, 1.54) is 44.5 Å². The zero-order valence-electron chi connectivity index (χ0n) is 13.9. The highest BCUT2D eigenvalue weighted by molar-refractivity contribution is 5.46. The largest absolute Gasteiger partial charge is 0.371 e. The Kier molecular flexibility index (Phi) is 6.50. The smallest absolute Gasteiger partial charge is 0.0562 e. The molecule has 21 heavy (non-hydrogen) atoms. The molecule has 1 aliphatic rings. The third-order valence-electron chi connectivity index (χ3n) is 4.45. The van der Waals surface area contributed by atoms with Gasteiger partial charge in [-0.2, -0.15) is 0 Å². The second-order valence-electron chi connectivity index (χ2n) is 6.72. The predicted octanol–water partition coefficient (Wildman–Crippen LogP) is 3.84. The van der Waals surface area contributed by atoms with Gasteiger partial charge in [0.2, 0.25) is 0 Å². The number of nitrogens with one attached hydrogen (secondary N) is 1. The summed E-state index contributed by atoms with van der Waals surface area (Å²) in [7, 11) is 0. The van der Waals surface area contributed by atoms with Crippen LogP contribution in [0.4, 0.5) is 5.69 Å². The van der Waals surface area contributed by atoms with Crippen LogP contribution in [0.15, 0.2) is 18.3 Å². The van der Waals surface area contributed by atoms with Crippen molar-refractivity contribution >= 4 is 5.69 Å². The number of aromatic nitrogens is 1. The lowest BCUT2D eigenvalue weighted by atomic mass is 9.98. The summed E-state index contributed by atoms with van der Waals surface area (Å²) >= 11 is 0. The third-order valence-corrected chi connectivity index (χ3v) is 4.45. The average molecular weight is 289 g/mol. The fourth-order valence-electron chi connectivity index (χ4n) is 3.08. The number of hydrogen-bond acceptors (Lipinski definition) is 3. The van der Waals surface area contributed by atoms with Crippen molar-refractivity contribution in [3.8, 4) is 0 Å². The molecule has 118 valence electrons. The van der Waals surface area contributed by atoms with Gasteiger partial charge in [-0.25, -0.2) is 0 Å². The van der Waals surface area contributed by atoms with Crippen molar-refractivity contribution in [2.45, 2.75) is 53.0 Å². The van der Waals surface area contributed by atoms with Crippen molar-refractivity contribution in [3.05, 3.63) is 24.0 Å². The highest BCUT2D eigenvalue weighted by atomic mass is 15.1. The molecule has 2 heterocycles. The van der Waals surface area contributed by atoms with Crippen LogP contribution < -0.4 is 10.2 Å². The minimum Gasteiger partial charge on any atom is -0.371 e. The van der Waals surface area contributed by atoms with Gasteiger partial charge < -0.3 is 10.2 Å². The number of hydrogen-bond donors (Lipinski definition) is 1. The van der Waals surface area contributed by atoms with Crippen molar-refractivity contribution in [2.24, 2.45) is 11.8 Å². The highest BCUT2D eigenvalue weighted by Gasteiger charge is 2.16. The van der Waals surface area contributed by atoms with Gasteiger partial charge >= 0.3 is 0 Å². The van der Waals surface area contributed by atoms with Gasteiger partial charge in [-0.05, 0) is 49.8 Å². The van der Waals surface area contributed by atoms with Crippen molar-refractivity contribution in [3.63, 3.8) is 0 Å². The lowest BCUT2D eigenvalue weighted by molar-refractivity contribution is 0.459. The molecule has 0 saturated carbocycles. The standard InChI is InChI=1S/C18H31N3/c1-4-16-6-5-10-21(11-8-16)18-7-9-20-17(12-18)14-19-13-15(2)3/h7,9,12,15-16,19H,4-6,8,10-11,13-14H2,1-3H3. The van der Waals surface area contributed by atoms with Crippen LogP contribution in [0.1, 0.15) is 52.1 Å². The SMILES string of the molecule is CCC1CCCN(c2ccnc(CNCC(C)C)c2)CC1. The molecular formula is C18H31N3. The molecule has 0 spiro atoms. The van der Waals surface area contributed by atoms with Gasteiger partial charge in [0.05, 0.1) is 5.69 Å². The van der Waals surface area contributed by atoms with Gasteiger partial charge in [-0.1, -0.05) is 27.2 Å². The molecule has 3 heteroatoms. The normalized spacial score (nSPS) is 19.8. The Bertz CT molecular complexity index is 417. The number of anilines is 1. The van der Waals surface area contributed by atoms with E-state index >= 15 is 0 Å². The van der Waals surface area contributed by atoms with Crippen LogP contribution >= 0.6 is 0 Å². The molecule has 0 radical (unpaired) electrons. The summed E-state index contributed by atoms with van der Waals surface area (Å²) in [6.07, 6.45) is 7.33. The van der Waals surface area contributed by atoms with Crippen LogP contribution in [-0.2, 0) is 6.54 Å². The summed E-state index contributed by atoms with van der Waals surface area (Å²) in [6.45, 7) is 11.1. The molecule has 1 unspecified atom stereocenters. The van der Waals surface area contributed by atoms with Gasteiger partial charge in [0, 0.05) is 31.5 Å². The summed E-state index contributed by atoms with van der Waals surface area (Å²) in [4.78, 5) is 7.04. The minimum absolute atomic E-state index is 0.685. The lowest BCUT2D eigenvalue weighted by Crippen LogP contribution is -2.25. The van der Waals surface area contributed by atoms with Crippen LogP contribution in [0.25, 0.3) is 0 Å². The zero-order valence-corrected chi connectivity index (χ0v) is 13.9. The Morgan fingerprint density at radius 3 is 2.95 bits per heavy atom. The summed E-state index contributed by atoms with van der Waals surface area (Å²) in [5, 5.41) is 3.48. The quantitative estimate of drug-likeness (QED) is 0.862. The monoisotopic (exact) mass is 289 g/mol. The Morgan fingerprint density at radius 2 is 2.19 bits per heavy atom. The van der Waals surface area contributed by atoms with E-state index in [0.29, 0.717) is 5.92 Å². The number of nitrogens with zero attached hydrogens (tertiary/aromatic N) is 2. The molecule has 1 atom stereocenters. The van der Waals surface area contributed by atoms with Gasteiger partial charge in [0.25, 0.3) is 0 Å². The molecule has 0 aromatic carbocycles. The van der Waals surface area contributed by atoms with Gasteiger partial charge in [0.15, 0.2) is 0 Å². The van der Waals surface area contributed by atoms with E-state index in [1.54, 1.807) is 0 Å². The highest BCUT2D eigenvalue weighted by Crippen LogP contribution is 2.24. The predicted molar refractivity (Wildman–Crippen MR) is 90.6 cm³/mol. The molecule has 0 amide bonds. The first-order chi connectivity index (χ1) is 10.2. The molecule has 3 nitrogen and oxygen atoms in total. The van der Waals surface area contributed by atoms with Crippen LogP contribution in [0.5, 0.6) is 0 Å². The van der Waals surface area contributed by atoms with Gasteiger partial charge in [-0.3, -0.25) is 4.98 Å². The van der Waals surface area contributed by atoms with E-state index in [-0.39, 0.29) is 0 Å². The molecular weight excluding hydrogens is 258 g/mol. The number of pyridine rings is 1. The topological polar surface area (TPSA) is 28.2 Å². The first kappa shape index (κ1) is 16.3. The summed E-state index contributed by atoms with van der Waals surface area (Å²) in [5.41, 5.74) is 2.51. The molecule has 2 rings (SSSR count).